The molecular weight excluding hydrogens is 380 g/mol. The molecule has 0 aliphatic carbocycles. The Morgan fingerprint density at radius 3 is 2.53 bits per heavy atom. The maximum Gasteiger partial charge on any atom is 0.330 e. The van der Waals surface area contributed by atoms with Gasteiger partial charge in [0.2, 0.25) is 0 Å². The van der Waals surface area contributed by atoms with E-state index in [0.29, 0.717) is 11.1 Å². The Morgan fingerprint density at radius 2 is 1.83 bits per heavy atom. The molecule has 7 nitrogen and oxygen atoms in total. The first-order chi connectivity index (χ1) is 14.5. The number of methoxy groups -OCH3 is 1. The summed E-state index contributed by atoms with van der Waals surface area (Å²) in [6.07, 6.45) is 0.825. The van der Waals surface area contributed by atoms with E-state index in [0.717, 1.165) is 11.8 Å². The molecule has 0 saturated carbocycles. The van der Waals surface area contributed by atoms with Crippen LogP contribution in [0.1, 0.15) is 30.6 Å². The quantitative estimate of drug-likeness (QED) is 0.325. The number of amidine groups is 1. The van der Waals surface area contributed by atoms with Crippen LogP contribution in [0.25, 0.3) is 10.8 Å². The van der Waals surface area contributed by atoms with Gasteiger partial charge >= 0.3 is 6.02 Å². The third kappa shape index (κ3) is 4.81. The molecule has 3 aromatic rings. The van der Waals surface area contributed by atoms with Gasteiger partial charge < -0.3 is 15.2 Å². The molecule has 30 heavy (non-hydrogen) atoms. The minimum Gasteiger partial charge on any atom is -0.505 e. The zero-order valence-electron chi connectivity index (χ0n) is 17.2. The molecule has 0 aliphatic heterocycles. The van der Waals surface area contributed by atoms with Gasteiger partial charge in [0.25, 0.3) is 5.91 Å². The summed E-state index contributed by atoms with van der Waals surface area (Å²) >= 11 is 0. The summed E-state index contributed by atoms with van der Waals surface area (Å²) < 4.78 is 5.18. The van der Waals surface area contributed by atoms with Crippen LogP contribution in [0.5, 0.6) is 5.75 Å². The summed E-state index contributed by atoms with van der Waals surface area (Å²) in [5.74, 6) is -0.703. The predicted octanol–water partition coefficient (Wildman–Crippen LogP) is 5.68. The van der Waals surface area contributed by atoms with E-state index in [9.17, 15) is 9.90 Å². The number of phenolic OH excluding ortho intramolecular Hbond substituents is 1. The van der Waals surface area contributed by atoms with Crippen LogP contribution in [-0.4, -0.2) is 30.2 Å². The number of hydrogen-bond donors (Lipinski definition) is 2. The molecule has 0 bridgehead atoms. The molecule has 0 aliphatic rings. The molecule has 1 unspecified atom stereocenters. The number of aliphatic imine (C=N–C) groups is 1. The Morgan fingerprint density at radius 1 is 1.13 bits per heavy atom. The fourth-order valence-corrected chi connectivity index (χ4v) is 2.80. The van der Waals surface area contributed by atoms with Gasteiger partial charge in [-0.25, -0.2) is 4.99 Å². The number of nitrogens with one attached hydrogen (secondary N) is 1. The smallest absolute Gasteiger partial charge is 0.330 e. The summed E-state index contributed by atoms with van der Waals surface area (Å²) in [6, 6.07) is 18.1. The van der Waals surface area contributed by atoms with E-state index in [2.05, 4.69) is 20.5 Å². The van der Waals surface area contributed by atoms with Crippen molar-refractivity contribution in [2.24, 2.45) is 15.2 Å². The number of benzene rings is 3. The summed E-state index contributed by atoms with van der Waals surface area (Å²) in [6.45, 7) is 3.95. The number of carbonyl (C=O) groups is 1. The van der Waals surface area contributed by atoms with E-state index in [4.69, 9.17) is 4.74 Å². The molecule has 0 radical (unpaired) electrons. The first-order valence-corrected chi connectivity index (χ1v) is 9.68. The van der Waals surface area contributed by atoms with E-state index in [1.807, 2.05) is 50.2 Å². The zero-order chi connectivity index (χ0) is 21.5. The fraction of sp³-hybridized carbons (Fsp3) is 0.217. The highest BCUT2D eigenvalue weighted by atomic mass is 16.5. The average Bonchev–Trinajstić information content (AvgIpc) is 2.77. The van der Waals surface area contributed by atoms with Gasteiger partial charge in [-0.1, -0.05) is 54.5 Å². The molecule has 1 atom stereocenters. The maximum atomic E-state index is 12.8. The van der Waals surface area contributed by atoms with Crippen LogP contribution >= 0.6 is 0 Å². The first-order valence-electron chi connectivity index (χ1n) is 9.68. The number of azo groups is 1. The lowest BCUT2D eigenvalue weighted by Crippen LogP contribution is -2.12. The first kappa shape index (κ1) is 21.0. The van der Waals surface area contributed by atoms with E-state index in [1.54, 1.807) is 24.3 Å². The van der Waals surface area contributed by atoms with E-state index < -0.39 is 5.91 Å². The third-order valence-electron chi connectivity index (χ3n) is 4.61. The highest BCUT2D eigenvalue weighted by Gasteiger charge is 2.18. The van der Waals surface area contributed by atoms with Crippen molar-refractivity contribution in [3.8, 4) is 5.75 Å². The van der Waals surface area contributed by atoms with Crippen LogP contribution in [0, 0.1) is 0 Å². The monoisotopic (exact) mass is 404 g/mol. The molecule has 7 heteroatoms. The topological polar surface area (TPSA) is 95.6 Å². The van der Waals surface area contributed by atoms with Crippen molar-refractivity contribution in [3.05, 3.63) is 66.2 Å². The Bertz CT molecular complexity index is 1090. The molecule has 3 rings (SSSR count). The van der Waals surface area contributed by atoms with Gasteiger partial charge in [0.15, 0.2) is 5.75 Å². The predicted molar refractivity (Wildman–Crippen MR) is 119 cm³/mol. The molecule has 0 heterocycles. The molecule has 0 fully saturated rings. The number of carbonyl (C=O) groups excluding carboxylic acids is 1. The van der Waals surface area contributed by atoms with Crippen LogP contribution in [0.3, 0.4) is 0 Å². The molecule has 2 N–H and O–H groups in total. The van der Waals surface area contributed by atoms with Gasteiger partial charge in [-0.2, -0.15) is 0 Å². The molecule has 0 aromatic heterocycles. The summed E-state index contributed by atoms with van der Waals surface area (Å²) in [7, 11) is 1.46. The molecule has 0 saturated heterocycles. The van der Waals surface area contributed by atoms with Crippen LogP contribution in [-0.2, 0) is 4.74 Å². The zero-order valence-corrected chi connectivity index (χ0v) is 17.2. The number of anilines is 1. The number of aromatic hydroxyl groups is 1. The average molecular weight is 404 g/mol. The number of para-hydroxylation sites is 1. The number of phenols is 1. The van der Waals surface area contributed by atoms with Crippen molar-refractivity contribution in [2.75, 3.05) is 12.4 Å². The Balaban J connectivity index is 2.05. The van der Waals surface area contributed by atoms with Crippen molar-refractivity contribution >= 4 is 34.1 Å². The number of ether oxygens (including phenoxy) is 1. The molecule has 0 spiro atoms. The number of fused-ring (bicyclic) bond motifs is 1. The minimum absolute atomic E-state index is 0.0206. The Kier molecular flexibility index (Phi) is 6.75. The highest BCUT2D eigenvalue weighted by Crippen LogP contribution is 2.39. The van der Waals surface area contributed by atoms with E-state index in [1.165, 1.54) is 7.11 Å². The summed E-state index contributed by atoms with van der Waals surface area (Å²) in [5, 5.41) is 23.3. The SMILES string of the molecule is CCC(C)N=C(N=Nc1c(O)c(C(=O)Nc2ccccc2)cc2ccccc12)OC. The largest absolute Gasteiger partial charge is 0.505 e. The third-order valence-corrected chi connectivity index (χ3v) is 4.61. The van der Waals surface area contributed by atoms with Gasteiger partial charge in [-0.05, 0) is 36.9 Å². The molecule has 1 amide bonds. The highest BCUT2D eigenvalue weighted by molar-refractivity contribution is 6.11. The fourth-order valence-electron chi connectivity index (χ4n) is 2.80. The van der Waals surface area contributed by atoms with E-state index >= 15 is 0 Å². The lowest BCUT2D eigenvalue weighted by molar-refractivity contribution is 0.102. The number of amides is 1. The summed E-state index contributed by atoms with van der Waals surface area (Å²) in [5.41, 5.74) is 0.908. The van der Waals surface area contributed by atoms with Crippen molar-refractivity contribution in [1.82, 2.24) is 0 Å². The van der Waals surface area contributed by atoms with Gasteiger partial charge in [0.05, 0.1) is 18.7 Å². The molecule has 3 aromatic carbocycles. The Hall–Kier alpha value is -3.74. The van der Waals surface area contributed by atoms with Crippen LogP contribution < -0.4 is 5.32 Å². The second kappa shape index (κ2) is 9.65. The number of nitrogens with zero attached hydrogens (tertiary/aromatic N) is 3. The van der Waals surface area contributed by atoms with Crippen molar-refractivity contribution < 1.29 is 14.6 Å². The standard InChI is InChI=1S/C23H24N4O3/c1-4-15(2)24-23(30-3)27-26-20-18-13-9-8-10-16(18)14-19(21(20)28)22(29)25-17-11-6-5-7-12-17/h5-15,28H,4H2,1-3H3,(H,25,29). The summed E-state index contributed by atoms with van der Waals surface area (Å²) in [4.78, 5) is 17.1. The van der Waals surface area contributed by atoms with Crippen molar-refractivity contribution in [2.45, 2.75) is 26.3 Å². The van der Waals surface area contributed by atoms with Crippen molar-refractivity contribution in [3.63, 3.8) is 0 Å². The minimum atomic E-state index is -0.443. The number of hydrogen-bond acceptors (Lipinski definition) is 5. The van der Waals surface area contributed by atoms with Gasteiger partial charge in [-0.15, -0.1) is 5.11 Å². The van der Waals surface area contributed by atoms with Crippen LogP contribution in [0.4, 0.5) is 11.4 Å². The van der Waals surface area contributed by atoms with Gasteiger partial charge in [-0.3, -0.25) is 4.79 Å². The van der Waals surface area contributed by atoms with E-state index in [-0.39, 0.29) is 29.1 Å². The second-order valence-corrected chi connectivity index (χ2v) is 6.74. The van der Waals surface area contributed by atoms with Gasteiger partial charge in [0.1, 0.15) is 5.69 Å². The maximum absolute atomic E-state index is 12.8. The van der Waals surface area contributed by atoms with Crippen LogP contribution in [0.15, 0.2) is 75.9 Å². The lowest BCUT2D eigenvalue weighted by atomic mass is 10.0. The van der Waals surface area contributed by atoms with Crippen molar-refractivity contribution in [1.29, 1.82) is 0 Å². The molecular formula is C23H24N4O3. The van der Waals surface area contributed by atoms with Gasteiger partial charge in [0, 0.05) is 11.1 Å². The van der Waals surface area contributed by atoms with Crippen LogP contribution in [0.2, 0.25) is 0 Å². The normalized spacial score (nSPS) is 12.8. The lowest BCUT2D eigenvalue weighted by Gasteiger charge is -2.11. The second-order valence-electron chi connectivity index (χ2n) is 6.74. The Labute approximate surface area is 175 Å². The molecule has 154 valence electrons. The number of rotatable bonds is 5.